The van der Waals surface area contributed by atoms with Crippen LogP contribution in [0.4, 0.5) is 5.69 Å². The Balaban J connectivity index is 1.70. The lowest BCUT2D eigenvalue weighted by atomic mass is 10.1. The number of carbonyl (C=O) groups excluding carboxylic acids is 1. The van der Waals surface area contributed by atoms with Crippen LogP contribution in [0, 0.1) is 5.92 Å². The van der Waals surface area contributed by atoms with E-state index in [4.69, 9.17) is 0 Å². The van der Waals surface area contributed by atoms with Gasteiger partial charge in [-0.25, -0.2) is 4.98 Å². The molecular weight excluding hydrogens is 304 g/mol. The fraction of sp³-hybridized carbons (Fsp3) is 0.412. The van der Waals surface area contributed by atoms with Crippen LogP contribution in [0.5, 0.6) is 0 Å². The Morgan fingerprint density at radius 2 is 2.25 bits per heavy atom. The smallest absolute Gasteiger partial charge is 0.225 e. The molecule has 7 nitrogen and oxygen atoms in total. The normalized spacial score (nSPS) is 18.0. The molecule has 1 fully saturated rings. The van der Waals surface area contributed by atoms with Crippen LogP contribution in [0.3, 0.4) is 0 Å². The minimum Gasteiger partial charge on any atom is -0.370 e. The lowest BCUT2D eigenvalue weighted by Crippen LogP contribution is -2.36. The molecule has 1 amide bonds. The van der Waals surface area contributed by atoms with Crippen LogP contribution in [0.15, 0.2) is 24.5 Å². The molecular formula is C17H20N6O. The zero-order valence-corrected chi connectivity index (χ0v) is 13.8. The zero-order chi connectivity index (χ0) is 16.7. The summed E-state index contributed by atoms with van der Waals surface area (Å²) in [5.41, 5.74) is 2.46. The van der Waals surface area contributed by atoms with Crippen molar-refractivity contribution in [3.8, 4) is 0 Å². The molecule has 0 radical (unpaired) electrons. The summed E-state index contributed by atoms with van der Waals surface area (Å²) in [7, 11) is 0. The standard InChI is InChI=1S/C17H20N6O/c1-10(2)20-17(24)11-5-8-23(9-11)13-4-7-19-16-14(13)12-3-6-18-15(12)21-22-16/h3-4,6-7,10-11H,5,8-9H2,1-2H3,(H,18,21)(H,20,24). The van der Waals surface area contributed by atoms with E-state index in [1.165, 1.54) is 0 Å². The molecule has 2 N–H and O–H groups in total. The van der Waals surface area contributed by atoms with Crippen molar-refractivity contribution in [1.82, 2.24) is 25.5 Å². The van der Waals surface area contributed by atoms with Gasteiger partial charge in [-0.1, -0.05) is 0 Å². The Morgan fingerprint density at radius 1 is 1.38 bits per heavy atom. The van der Waals surface area contributed by atoms with Crippen LogP contribution < -0.4 is 10.2 Å². The van der Waals surface area contributed by atoms with Crippen LogP contribution in [0.2, 0.25) is 0 Å². The number of aromatic nitrogens is 4. The van der Waals surface area contributed by atoms with Gasteiger partial charge in [-0.15, -0.1) is 10.2 Å². The number of fused-ring (bicyclic) bond motifs is 3. The highest BCUT2D eigenvalue weighted by Gasteiger charge is 2.30. The van der Waals surface area contributed by atoms with Gasteiger partial charge >= 0.3 is 0 Å². The summed E-state index contributed by atoms with van der Waals surface area (Å²) in [6.45, 7) is 5.54. The third-order valence-electron chi connectivity index (χ3n) is 4.48. The largest absolute Gasteiger partial charge is 0.370 e. The van der Waals surface area contributed by atoms with Crippen LogP contribution in [-0.4, -0.2) is 45.2 Å². The summed E-state index contributed by atoms with van der Waals surface area (Å²) in [6.07, 6.45) is 4.47. The summed E-state index contributed by atoms with van der Waals surface area (Å²) >= 11 is 0. The van der Waals surface area contributed by atoms with Gasteiger partial charge < -0.3 is 15.2 Å². The zero-order valence-electron chi connectivity index (χ0n) is 13.8. The van der Waals surface area contributed by atoms with Gasteiger partial charge in [0.25, 0.3) is 0 Å². The lowest BCUT2D eigenvalue weighted by Gasteiger charge is -2.20. The van der Waals surface area contributed by atoms with Crippen LogP contribution >= 0.6 is 0 Å². The van der Waals surface area contributed by atoms with E-state index in [0.717, 1.165) is 35.1 Å². The molecule has 7 heteroatoms. The minimum atomic E-state index is 0.0205. The van der Waals surface area contributed by atoms with E-state index in [9.17, 15) is 4.79 Å². The molecule has 0 aliphatic carbocycles. The fourth-order valence-corrected chi connectivity index (χ4v) is 3.38. The lowest BCUT2D eigenvalue weighted by molar-refractivity contribution is -0.124. The molecule has 3 aromatic heterocycles. The van der Waals surface area contributed by atoms with E-state index < -0.39 is 0 Å². The number of carbonyl (C=O) groups is 1. The maximum absolute atomic E-state index is 12.3. The number of aromatic amines is 1. The van der Waals surface area contributed by atoms with E-state index in [1.807, 2.05) is 32.2 Å². The number of hydrogen-bond donors (Lipinski definition) is 2. The molecule has 1 unspecified atom stereocenters. The Bertz CT molecular complexity index is 902. The van der Waals surface area contributed by atoms with Gasteiger partial charge in [0.05, 0.1) is 17.0 Å². The van der Waals surface area contributed by atoms with Gasteiger partial charge in [0.1, 0.15) is 0 Å². The van der Waals surface area contributed by atoms with Crippen molar-refractivity contribution in [2.75, 3.05) is 18.0 Å². The molecule has 0 bridgehead atoms. The van der Waals surface area contributed by atoms with Gasteiger partial charge in [0.2, 0.25) is 5.91 Å². The first-order valence-corrected chi connectivity index (χ1v) is 8.27. The summed E-state index contributed by atoms with van der Waals surface area (Å²) in [6, 6.07) is 4.17. The van der Waals surface area contributed by atoms with Gasteiger partial charge in [-0.3, -0.25) is 4.79 Å². The van der Waals surface area contributed by atoms with Crippen molar-refractivity contribution in [2.24, 2.45) is 5.92 Å². The quantitative estimate of drug-likeness (QED) is 0.768. The predicted molar refractivity (Wildman–Crippen MR) is 92.8 cm³/mol. The minimum absolute atomic E-state index is 0.0205. The third kappa shape index (κ3) is 2.46. The van der Waals surface area contributed by atoms with Crippen molar-refractivity contribution < 1.29 is 4.79 Å². The van der Waals surface area contributed by atoms with Crippen LogP contribution in [-0.2, 0) is 4.79 Å². The van der Waals surface area contributed by atoms with Gasteiger partial charge in [0, 0.05) is 36.9 Å². The molecule has 0 spiro atoms. The number of pyridine rings is 1. The van der Waals surface area contributed by atoms with E-state index in [-0.39, 0.29) is 17.9 Å². The fourth-order valence-electron chi connectivity index (χ4n) is 3.38. The van der Waals surface area contributed by atoms with Gasteiger partial charge in [0.15, 0.2) is 11.3 Å². The number of rotatable bonds is 3. The number of hydrogen-bond acceptors (Lipinski definition) is 5. The maximum Gasteiger partial charge on any atom is 0.225 e. The Kier molecular flexibility index (Phi) is 3.55. The molecule has 3 aromatic rings. The molecule has 124 valence electrons. The topological polar surface area (TPSA) is 86.8 Å². The molecule has 24 heavy (non-hydrogen) atoms. The van der Waals surface area contributed by atoms with E-state index in [2.05, 4.69) is 30.4 Å². The molecule has 1 aliphatic heterocycles. The average molecular weight is 324 g/mol. The summed E-state index contributed by atoms with van der Waals surface area (Å²) < 4.78 is 0. The highest BCUT2D eigenvalue weighted by molar-refractivity contribution is 6.08. The predicted octanol–water partition coefficient (Wildman–Crippen LogP) is 1.86. The molecule has 4 heterocycles. The first kappa shape index (κ1) is 14.9. The van der Waals surface area contributed by atoms with Gasteiger partial charge in [-0.05, 0) is 32.4 Å². The summed E-state index contributed by atoms with van der Waals surface area (Å²) in [4.78, 5) is 22.0. The summed E-state index contributed by atoms with van der Waals surface area (Å²) in [5.74, 6) is 0.157. The molecule has 1 atom stereocenters. The second-order valence-electron chi connectivity index (χ2n) is 6.56. The SMILES string of the molecule is CC(C)NC(=O)C1CCN(c2ccnc3nnc4[nH]ccc4c23)C1. The average Bonchev–Trinajstić information content (AvgIpc) is 3.22. The monoisotopic (exact) mass is 324 g/mol. The molecule has 1 saturated heterocycles. The number of nitrogens with zero attached hydrogens (tertiary/aromatic N) is 4. The third-order valence-corrected chi connectivity index (χ3v) is 4.48. The summed E-state index contributed by atoms with van der Waals surface area (Å²) in [5, 5.41) is 13.4. The first-order valence-electron chi connectivity index (χ1n) is 8.27. The number of anilines is 1. The van der Waals surface area contributed by atoms with E-state index in [1.54, 1.807) is 6.20 Å². The van der Waals surface area contributed by atoms with Crippen molar-refractivity contribution >= 4 is 33.7 Å². The number of nitrogens with one attached hydrogen (secondary N) is 2. The van der Waals surface area contributed by atoms with E-state index >= 15 is 0 Å². The highest BCUT2D eigenvalue weighted by atomic mass is 16.2. The first-order chi connectivity index (χ1) is 11.6. The molecule has 1 aliphatic rings. The Morgan fingerprint density at radius 3 is 3.08 bits per heavy atom. The molecule has 4 rings (SSSR count). The Hall–Kier alpha value is -2.70. The highest BCUT2D eigenvalue weighted by Crippen LogP contribution is 2.33. The van der Waals surface area contributed by atoms with Crippen LogP contribution in [0.25, 0.3) is 22.1 Å². The van der Waals surface area contributed by atoms with Crippen molar-refractivity contribution in [1.29, 1.82) is 0 Å². The Labute approximate surface area is 139 Å². The van der Waals surface area contributed by atoms with Crippen molar-refractivity contribution in [3.05, 3.63) is 24.5 Å². The van der Waals surface area contributed by atoms with Gasteiger partial charge in [-0.2, -0.15) is 0 Å². The molecule has 0 aromatic carbocycles. The van der Waals surface area contributed by atoms with Crippen molar-refractivity contribution in [3.63, 3.8) is 0 Å². The number of H-pyrrole nitrogens is 1. The second-order valence-corrected chi connectivity index (χ2v) is 6.56. The van der Waals surface area contributed by atoms with E-state index in [0.29, 0.717) is 12.2 Å². The van der Waals surface area contributed by atoms with Crippen molar-refractivity contribution in [2.45, 2.75) is 26.3 Å². The molecule has 0 saturated carbocycles. The number of amides is 1. The second kappa shape index (κ2) is 5.74. The van der Waals surface area contributed by atoms with Crippen LogP contribution in [0.1, 0.15) is 20.3 Å². The maximum atomic E-state index is 12.3.